The van der Waals surface area contributed by atoms with Crippen LogP contribution in [0.1, 0.15) is 28.3 Å². The van der Waals surface area contributed by atoms with Crippen molar-refractivity contribution in [3.63, 3.8) is 0 Å². The zero-order valence-electron chi connectivity index (χ0n) is 14.0. The molecule has 1 amide bonds. The molecule has 0 saturated carbocycles. The number of benzene rings is 2. The van der Waals surface area contributed by atoms with Gasteiger partial charge in [0.25, 0.3) is 5.91 Å². The second-order valence-electron chi connectivity index (χ2n) is 6.58. The lowest BCUT2D eigenvalue weighted by atomic mass is 9.91. The molecule has 3 aromatic rings. The minimum atomic E-state index is -0.848. The van der Waals surface area contributed by atoms with Crippen molar-refractivity contribution >= 4 is 16.8 Å². The van der Waals surface area contributed by atoms with Gasteiger partial charge in [-0.25, -0.2) is 13.5 Å². The highest BCUT2D eigenvalue weighted by Crippen LogP contribution is 2.26. The van der Waals surface area contributed by atoms with E-state index in [0.717, 1.165) is 17.8 Å². The number of halogens is 2. The topological polar surface area (TPSA) is 72.9 Å². The van der Waals surface area contributed by atoms with E-state index >= 15 is 0 Å². The number of nitrogens with two attached hydrogens (primary N) is 1. The van der Waals surface area contributed by atoms with Crippen LogP contribution in [0.4, 0.5) is 8.78 Å². The zero-order chi connectivity index (χ0) is 18.3. The maximum Gasteiger partial charge on any atom is 0.253 e. The molecular formula is C19H18F2N4O. The van der Waals surface area contributed by atoms with Crippen LogP contribution in [0, 0.1) is 5.82 Å². The molecule has 0 unspecified atom stereocenters. The van der Waals surface area contributed by atoms with Gasteiger partial charge in [-0.15, -0.1) is 0 Å². The fraction of sp³-hybridized carbons (Fsp3) is 0.263. The molecule has 1 aliphatic heterocycles. The van der Waals surface area contributed by atoms with Crippen molar-refractivity contribution in [1.29, 1.82) is 0 Å². The lowest BCUT2D eigenvalue weighted by Gasteiger charge is -2.26. The zero-order valence-corrected chi connectivity index (χ0v) is 14.0. The summed E-state index contributed by atoms with van der Waals surface area (Å²) in [4.78, 5) is 11.5. The Morgan fingerprint density at radius 3 is 2.65 bits per heavy atom. The maximum absolute atomic E-state index is 13.9. The van der Waals surface area contributed by atoms with Gasteiger partial charge in [0.2, 0.25) is 0 Å². The summed E-state index contributed by atoms with van der Waals surface area (Å²) in [6, 6.07) is 10.4. The van der Waals surface area contributed by atoms with Crippen LogP contribution in [-0.2, 0) is 0 Å². The van der Waals surface area contributed by atoms with E-state index in [1.807, 2.05) is 24.3 Å². The van der Waals surface area contributed by atoms with Crippen molar-refractivity contribution in [3.05, 3.63) is 59.5 Å². The molecule has 0 bridgehead atoms. The minimum Gasteiger partial charge on any atom is -0.365 e. The van der Waals surface area contributed by atoms with Gasteiger partial charge in [0, 0.05) is 24.7 Å². The van der Waals surface area contributed by atoms with Crippen molar-refractivity contribution in [2.45, 2.75) is 18.5 Å². The van der Waals surface area contributed by atoms with Crippen LogP contribution in [-0.4, -0.2) is 34.9 Å². The molecule has 4 rings (SSSR count). The fourth-order valence-corrected chi connectivity index (χ4v) is 3.47. The second kappa shape index (κ2) is 6.49. The molecule has 0 radical (unpaired) electrons. The Kier molecular flexibility index (Phi) is 4.16. The first-order valence-electron chi connectivity index (χ1n) is 8.45. The van der Waals surface area contributed by atoms with Gasteiger partial charge in [-0.1, -0.05) is 12.1 Å². The minimum absolute atomic E-state index is 0.139. The molecule has 1 fully saturated rings. The average Bonchev–Trinajstić information content (AvgIpc) is 3.05. The molecule has 0 spiro atoms. The summed E-state index contributed by atoms with van der Waals surface area (Å²) in [6.07, 6.45) is 1.40. The van der Waals surface area contributed by atoms with Crippen LogP contribution in [0.5, 0.6) is 0 Å². The van der Waals surface area contributed by atoms with Crippen molar-refractivity contribution in [3.8, 4) is 5.69 Å². The van der Waals surface area contributed by atoms with E-state index in [4.69, 9.17) is 5.73 Å². The molecule has 7 heteroatoms. The normalized spacial score (nSPS) is 20.4. The number of alkyl halides is 1. The van der Waals surface area contributed by atoms with Gasteiger partial charge in [-0.3, -0.25) is 4.79 Å². The fourth-order valence-electron chi connectivity index (χ4n) is 3.47. The second-order valence-corrected chi connectivity index (χ2v) is 6.58. The molecule has 0 aliphatic carbocycles. The number of rotatable bonds is 3. The van der Waals surface area contributed by atoms with E-state index < -0.39 is 17.9 Å². The third kappa shape index (κ3) is 2.94. The highest BCUT2D eigenvalue weighted by atomic mass is 19.1. The largest absolute Gasteiger partial charge is 0.365 e. The third-order valence-corrected chi connectivity index (χ3v) is 4.80. The lowest BCUT2D eigenvalue weighted by Crippen LogP contribution is -2.36. The highest BCUT2D eigenvalue weighted by molar-refractivity contribution is 6.04. The van der Waals surface area contributed by atoms with Crippen LogP contribution in [0.3, 0.4) is 0 Å². The molecule has 2 atom stereocenters. The van der Waals surface area contributed by atoms with E-state index in [0.29, 0.717) is 18.4 Å². The van der Waals surface area contributed by atoms with E-state index in [1.54, 1.807) is 16.9 Å². The summed E-state index contributed by atoms with van der Waals surface area (Å²) >= 11 is 0. The molecule has 3 N–H and O–H groups in total. The Morgan fingerprint density at radius 2 is 1.96 bits per heavy atom. The Bertz CT molecular complexity index is 968. The summed E-state index contributed by atoms with van der Waals surface area (Å²) in [5, 5.41) is 8.05. The number of primary amides is 1. The molecule has 1 aromatic heterocycles. The van der Waals surface area contributed by atoms with E-state index in [-0.39, 0.29) is 17.0 Å². The highest BCUT2D eigenvalue weighted by Gasteiger charge is 2.22. The van der Waals surface area contributed by atoms with Crippen LogP contribution >= 0.6 is 0 Å². The number of carbonyl (C=O) groups is 1. The quantitative estimate of drug-likeness (QED) is 0.758. The van der Waals surface area contributed by atoms with Gasteiger partial charge in [0.15, 0.2) is 0 Å². The van der Waals surface area contributed by atoms with Gasteiger partial charge in [0.1, 0.15) is 23.1 Å². The van der Waals surface area contributed by atoms with Crippen molar-refractivity contribution in [2.24, 2.45) is 5.73 Å². The number of piperidine rings is 1. The van der Waals surface area contributed by atoms with Gasteiger partial charge in [-0.05, 0) is 42.2 Å². The van der Waals surface area contributed by atoms with E-state index in [2.05, 4.69) is 10.4 Å². The standard InChI is InChI=1S/C19H18F2N4O/c20-14-7-13(8-23-9-14)11-1-4-15(5-2-11)25-10-12-3-6-16(21)17(19(22)26)18(12)24-25/h1-6,10,13-14,23H,7-9H2,(H2,22,26)/t13-,14+/m1/s1. The number of amides is 1. The van der Waals surface area contributed by atoms with Crippen LogP contribution in [0.2, 0.25) is 0 Å². The van der Waals surface area contributed by atoms with Gasteiger partial charge in [-0.2, -0.15) is 5.10 Å². The molecular weight excluding hydrogens is 338 g/mol. The molecule has 1 aliphatic rings. The molecule has 2 heterocycles. The SMILES string of the molecule is NC(=O)c1c(F)ccc2cn(-c3ccc([C@H]4CNC[C@@H](F)C4)cc3)nc12. The smallest absolute Gasteiger partial charge is 0.253 e. The first-order valence-corrected chi connectivity index (χ1v) is 8.45. The monoisotopic (exact) mass is 356 g/mol. The predicted octanol–water partition coefficient (Wildman–Crippen LogP) is 2.68. The number of hydrogen-bond donors (Lipinski definition) is 2. The molecule has 2 aromatic carbocycles. The molecule has 1 saturated heterocycles. The first-order chi connectivity index (χ1) is 12.5. The first kappa shape index (κ1) is 16.7. The Morgan fingerprint density at radius 1 is 1.19 bits per heavy atom. The van der Waals surface area contributed by atoms with Gasteiger partial charge >= 0.3 is 0 Å². The Hall–Kier alpha value is -2.80. The van der Waals surface area contributed by atoms with Crippen LogP contribution < -0.4 is 11.1 Å². The number of aromatic nitrogens is 2. The van der Waals surface area contributed by atoms with E-state index in [9.17, 15) is 13.6 Å². The third-order valence-electron chi connectivity index (χ3n) is 4.80. The number of fused-ring (bicyclic) bond motifs is 1. The summed E-state index contributed by atoms with van der Waals surface area (Å²) in [7, 11) is 0. The van der Waals surface area contributed by atoms with Crippen LogP contribution in [0.25, 0.3) is 16.6 Å². The molecule has 5 nitrogen and oxygen atoms in total. The van der Waals surface area contributed by atoms with Crippen molar-refractivity contribution in [2.75, 3.05) is 13.1 Å². The maximum atomic E-state index is 13.9. The number of nitrogens with one attached hydrogen (secondary N) is 1. The van der Waals surface area contributed by atoms with Gasteiger partial charge in [0.05, 0.1) is 5.69 Å². The average molecular weight is 356 g/mol. The molecule has 134 valence electrons. The number of hydrogen-bond acceptors (Lipinski definition) is 3. The predicted molar refractivity (Wildman–Crippen MR) is 94.7 cm³/mol. The Balaban J connectivity index is 1.67. The van der Waals surface area contributed by atoms with Crippen molar-refractivity contribution in [1.82, 2.24) is 15.1 Å². The van der Waals surface area contributed by atoms with Crippen LogP contribution in [0.15, 0.2) is 42.6 Å². The summed E-state index contributed by atoms with van der Waals surface area (Å²) in [5.41, 5.74) is 7.13. The lowest BCUT2D eigenvalue weighted by molar-refractivity contribution is 0.0998. The van der Waals surface area contributed by atoms with E-state index in [1.165, 1.54) is 6.07 Å². The van der Waals surface area contributed by atoms with Crippen molar-refractivity contribution < 1.29 is 13.6 Å². The molecule has 26 heavy (non-hydrogen) atoms. The number of nitrogens with zero attached hydrogens (tertiary/aromatic N) is 2. The summed E-state index contributed by atoms with van der Waals surface area (Å²) in [6.45, 7) is 1.17. The Labute approximate surface area is 148 Å². The summed E-state index contributed by atoms with van der Waals surface area (Å²) < 4.78 is 29.0. The number of carbonyl (C=O) groups excluding carboxylic acids is 1. The van der Waals surface area contributed by atoms with Gasteiger partial charge < -0.3 is 11.1 Å². The summed E-state index contributed by atoms with van der Waals surface area (Å²) in [5.74, 6) is -1.39.